The summed E-state index contributed by atoms with van der Waals surface area (Å²) in [7, 11) is 0. The van der Waals surface area contributed by atoms with Gasteiger partial charge in [0, 0.05) is 13.2 Å². The Kier molecular flexibility index (Phi) is 14.2. The highest BCUT2D eigenvalue weighted by Gasteiger charge is 2.18. The van der Waals surface area contributed by atoms with Crippen LogP contribution in [-0.2, 0) is 9.47 Å². The summed E-state index contributed by atoms with van der Waals surface area (Å²) in [5.41, 5.74) is 0. The average Bonchev–Trinajstić information content (AvgIpc) is 2.41. The predicted octanol–water partition coefficient (Wildman–Crippen LogP) is 4.28. The van der Waals surface area contributed by atoms with E-state index in [2.05, 4.69) is 6.92 Å². The van der Waals surface area contributed by atoms with Crippen molar-refractivity contribution in [1.82, 2.24) is 0 Å². The number of ether oxygens (including phenoxy) is 2. The van der Waals surface area contributed by atoms with Crippen molar-refractivity contribution in [2.75, 3.05) is 13.2 Å². The molecule has 0 amide bonds. The van der Waals surface area contributed by atoms with Gasteiger partial charge in [0.05, 0.1) is 0 Å². The van der Waals surface area contributed by atoms with E-state index >= 15 is 0 Å². The Morgan fingerprint density at radius 3 is 1.68 bits per heavy atom. The first-order valence-electron chi connectivity index (χ1n) is 8.17. The molecule has 0 spiro atoms. The Morgan fingerprint density at radius 1 is 0.737 bits per heavy atom. The van der Waals surface area contributed by atoms with Crippen LogP contribution in [0.4, 0.5) is 0 Å². The highest BCUT2D eigenvalue weighted by molar-refractivity contribution is 4.61. The minimum atomic E-state index is -0.486. The zero-order valence-corrected chi connectivity index (χ0v) is 13.2. The summed E-state index contributed by atoms with van der Waals surface area (Å²) >= 11 is 0. The summed E-state index contributed by atoms with van der Waals surface area (Å²) in [6, 6.07) is 0. The molecule has 0 bridgehead atoms. The molecule has 0 aliphatic carbocycles. The molecule has 1 N–H and O–H groups in total. The molecule has 0 radical (unpaired) electrons. The van der Waals surface area contributed by atoms with Crippen LogP contribution in [0.25, 0.3) is 0 Å². The molecular weight excluding hydrogens is 240 g/mol. The van der Waals surface area contributed by atoms with E-state index in [-0.39, 0.29) is 0 Å². The van der Waals surface area contributed by atoms with Crippen LogP contribution in [0.2, 0.25) is 0 Å². The van der Waals surface area contributed by atoms with E-state index in [0.29, 0.717) is 13.2 Å². The first kappa shape index (κ1) is 18.9. The van der Waals surface area contributed by atoms with Gasteiger partial charge in [0.15, 0.2) is 6.29 Å². The summed E-state index contributed by atoms with van der Waals surface area (Å²) in [5, 5.41) is 9.99. The average molecular weight is 274 g/mol. The van der Waals surface area contributed by atoms with Gasteiger partial charge >= 0.3 is 0 Å². The van der Waals surface area contributed by atoms with Gasteiger partial charge in [-0.2, -0.15) is 0 Å². The molecule has 0 aromatic rings. The van der Waals surface area contributed by atoms with Gasteiger partial charge in [-0.15, -0.1) is 0 Å². The number of aliphatic hydroxyl groups is 1. The number of hydrogen-bond donors (Lipinski definition) is 1. The lowest BCUT2D eigenvalue weighted by Crippen LogP contribution is -2.31. The lowest BCUT2D eigenvalue weighted by Gasteiger charge is -2.22. The molecule has 0 aromatic carbocycles. The van der Waals surface area contributed by atoms with E-state index in [9.17, 15) is 5.11 Å². The first-order valence-corrected chi connectivity index (χ1v) is 8.17. The molecule has 3 nitrogen and oxygen atoms in total. The van der Waals surface area contributed by atoms with Gasteiger partial charge in [-0.05, 0) is 20.3 Å². The molecular formula is C16H34O3. The van der Waals surface area contributed by atoms with Gasteiger partial charge in [-0.1, -0.05) is 58.3 Å². The second kappa shape index (κ2) is 14.3. The Bertz CT molecular complexity index is 167. The largest absolute Gasteiger partial charge is 0.388 e. The zero-order chi connectivity index (χ0) is 14.3. The molecule has 1 unspecified atom stereocenters. The van der Waals surface area contributed by atoms with Gasteiger partial charge in [0.25, 0.3) is 0 Å². The molecule has 1 atom stereocenters. The zero-order valence-electron chi connectivity index (χ0n) is 13.2. The number of unbranched alkanes of at least 4 members (excludes halogenated alkanes) is 7. The van der Waals surface area contributed by atoms with Crippen LogP contribution >= 0.6 is 0 Å². The monoisotopic (exact) mass is 274 g/mol. The predicted molar refractivity (Wildman–Crippen MR) is 80.3 cm³/mol. The third-order valence-corrected chi connectivity index (χ3v) is 3.33. The smallest absolute Gasteiger partial charge is 0.183 e. The van der Waals surface area contributed by atoms with Crippen LogP contribution in [0.5, 0.6) is 0 Å². The van der Waals surface area contributed by atoms with E-state index in [1.54, 1.807) is 0 Å². The van der Waals surface area contributed by atoms with Crippen molar-refractivity contribution in [3.8, 4) is 0 Å². The summed E-state index contributed by atoms with van der Waals surface area (Å²) in [5.74, 6) is 0. The fourth-order valence-electron chi connectivity index (χ4n) is 2.22. The minimum absolute atomic E-state index is 0.445. The lowest BCUT2D eigenvalue weighted by molar-refractivity contribution is -0.190. The molecule has 0 heterocycles. The van der Waals surface area contributed by atoms with Crippen LogP contribution < -0.4 is 0 Å². The van der Waals surface area contributed by atoms with Crippen molar-refractivity contribution in [2.24, 2.45) is 0 Å². The highest BCUT2D eigenvalue weighted by atomic mass is 16.7. The van der Waals surface area contributed by atoms with Crippen LogP contribution in [0.1, 0.15) is 78.6 Å². The molecule has 0 rings (SSSR count). The highest BCUT2D eigenvalue weighted by Crippen LogP contribution is 2.13. The molecule has 3 heteroatoms. The number of rotatable bonds is 14. The standard InChI is InChI=1S/C16H34O3/c1-4-7-8-9-10-11-12-13-14-15(17)16(18-5-2)19-6-3/h15-17H,4-14H2,1-3H3. The molecule has 0 fully saturated rings. The van der Waals surface area contributed by atoms with E-state index in [4.69, 9.17) is 9.47 Å². The molecule has 0 aliphatic heterocycles. The Balaban J connectivity index is 3.47. The van der Waals surface area contributed by atoms with Gasteiger partial charge in [0.1, 0.15) is 6.10 Å². The van der Waals surface area contributed by atoms with Gasteiger partial charge < -0.3 is 14.6 Å². The third-order valence-electron chi connectivity index (χ3n) is 3.33. The third kappa shape index (κ3) is 11.4. The minimum Gasteiger partial charge on any atom is -0.388 e. The Morgan fingerprint density at radius 2 is 1.21 bits per heavy atom. The molecule has 0 saturated carbocycles. The van der Waals surface area contributed by atoms with Crippen molar-refractivity contribution in [2.45, 2.75) is 91.0 Å². The molecule has 19 heavy (non-hydrogen) atoms. The SMILES string of the molecule is CCCCCCCCCCC(O)C(OCC)OCC. The molecule has 116 valence electrons. The first-order chi connectivity index (χ1) is 9.26. The Hall–Kier alpha value is -0.120. The molecule has 0 aliphatic rings. The van der Waals surface area contributed by atoms with Crippen LogP contribution in [0.15, 0.2) is 0 Å². The van der Waals surface area contributed by atoms with Crippen LogP contribution in [0.3, 0.4) is 0 Å². The summed E-state index contributed by atoms with van der Waals surface area (Å²) < 4.78 is 10.8. The van der Waals surface area contributed by atoms with E-state index in [0.717, 1.165) is 12.8 Å². The summed E-state index contributed by atoms with van der Waals surface area (Å²) in [4.78, 5) is 0. The maximum Gasteiger partial charge on any atom is 0.183 e. The summed E-state index contributed by atoms with van der Waals surface area (Å²) in [6.45, 7) is 7.26. The quantitative estimate of drug-likeness (QED) is 0.379. The van der Waals surface area contributed by atoms with Crippen molar-refractivity contribution < 1.29 is 14.6 Å². The second-order valence-electron chi connectivity index (χ2n) is 5.11. The van der Waals surface area contributed by atoms with E-state index in [1.165, 1.54) is 44.9 Å². The maximum atomic E-state index is 9.99. The Labute approximate surface area is 119 Å². The topological polar surface area (TPSA) is 38.7 Å². The van der Waals surface area contributed by atoms with Crippen molar-refractivity contribution >= 4 is 0 Å². The van der Waals surface area contributed by atoms with Gasteiger partial charge in [0.2, 0.25) is 0 Å². The van der Waals surface area contributed by atoms with E-state index < -0.39 is 12.4 Å². The van der Waals surface area contributed by atoms with Gasteiger partial charge in [-0.25, -0.2) is 0 Å². The molecule has 0 aromatic heterocycles. The normalized spacial score (nSPS) is 13.1. The number of aliphatic hydroxyl groups excluding tert-OH is 1. The number of hydrogen-bond acceptors (Lipinski definition) is 3. The van der Waals surface area contributed by atoms with Crippen LogP contribution in [-0.4, -0.2) is 30.7 Å². The van der Waals surface area contributed by atoms with Crippen molar-refractivity contribution in [3.05, 3.63) is 0 Å². The fraction of sp³-hybridized carbons (Fsp3) is 1.00. The van der Waals surface area contributed by atoms with Crippen molar-refractivity contribution in [1.29, 1.82) is 0 Å². The maximum absolute atomic E-state index is 9.99. The van der Waals surface area contributed by atoms with Crippen molar-refractivity contribution in [3.63, 3.8) is 0 Å². The lowest BCUT2D eigenvalue weighted by atomic mass is 10.1. The fourth-order valence-corrected chi connectivity index (χ4v) is 2.22. The second-order valence-corrected chi connectivity index (χ2v) is 5.11. The summed E-state index contributed by atoms with van der Waals surface area (Å²) in [6.07, 6.45) is 10.1. The molecule has 0 saturated heterocycles. The van der Waals surface area contributed by atoms with Gasteiger partial charge in [-0.3, -0.25) is 0 Å². The van der Waals surface area contributed by atoms with Crippen LogP contribution in [0, 0.1) is 0 Å². The van der Waals surface area contributed by atoms with E-state index in [1.807, 2.05) is 13.8 Å².